The zero-order valence-corrected chi connectivity index (χ0v) is 15.2. The fourth-order valence-corrected chi connectivity index (χ4v) is 3.70. The molecule has 0 saturated heterocycles. The summed E-state index contributed by atoms with van der Waals surface area (Å²) in [5.41, 5.74) is 4.25. The molecule has 0 amide bonds. The second-order valence-corrected chi connectivity index (χ2v) is 6.74. The van der Waals surface area contributed by atoms with Crippen LogP contribution < -0.4 is 14.8 Å². The van der Waals surface area contributed by atoms with Crippen molar-refractivity contribution < 1.29 is 9.47 Å². The van der Waals surface area contributed by atoms with Crippen molar-refractivity contribution in [1.82, 2.24) is 9.97 Å². The summed E-state index contributed by atoms with van der Waals surface area (Å²) in [4.78, 5) is 9.39. The Morgan fingerprint density at radius 2 is 1.78 bits per heavy atom. The molecule has 0 bridgehead atoms. The van der Waals surface area contributed by atoms with Crippen LogP contribution in [-0.2, 0) is 6.42 Å². The first-order valence-corrected chi connectivity index (χ1v) is 8.97. The van der Waals surface area contributed by atoms with E-state index in [1.807, 2.05) is 32.3 Å². The predicted molar refractivity (Wildman–Crippen MR) is 107 cm³/mol. The average molecular weight is 357 g/mol. The zero-order valence-electron chi connectivity index (χ0n) is 15.2. The highest BCUT2D eigenvalue weighted by atomic mass is 16.7. The molecule has 3 heterocycles. The van der Waals surface area contributed by atoms with Crippen molar-refractivity contribution in [3.05, 3.63) is 65.5 Å². The molecule has 0 atom stereocenters. The van der Waals surface area contributed by atoms with E-state index in [1.54, 1.807) is 0 Å². The van der Waals surface area contributed by atoms with Gasteiger partial charge in [-0.05, 0) is 35.6 Å². The average Bonchev–Trinajstić information content (AvgIpc) is 3.15. The van der Waals surface area contributed by atoms with Gasteiger partial charge in [0.25, 0.3) is 0 Å². The molecule has 134 valence electrons. The molecule has 27 heavy (non-hydrogen) atoms. The van der Waals surface area contributed by atoms with E-state index >= 15 is 0 Å². The lowest BCUT2D eigenvalue weighted by Crippen LogP contribution is -2.01. The van der Waals surface area contributed by atoms with Crippen LogP contribution in [-0.4, -0.2) is 23.8 Å². The van der Waals surface area contributed by atoms with E-state index in [1.165, 1.54) is 16.3 Å². The first-order chi connectivity index (χ1) is 13.2. The van der Waals surface area contributed by atoms with Crippen molar-refractivity contribution in [2.75, 3.05) is 19.2 Å². The number of ether oxygens (including phenoxy) is 2. The van der Waals surface area contributed by atoms with Crippen molar-refractivity contribution >= 4 is 27.5 Å². The van der Waals surface area contributed by atoms with Crippen molar-refractivity contribution in [3.8, 4) is 11.5 Å². The number of aryl methyl sites for hydroxylation is 1. The van der Waals surface area contributed by atoms with Crippen LogP contribution in [0.5, 0.6) is 11.5 Å². The van der Waals surface area contributed by atoms with Gasteiger partial charge >= 0.3 is 0 Å². The maximum atomic E-state index is 5.52. The zero-order chi connectivity index (χ0) is 18.4. The SMILES string of the molecule is CNc1nc2cc3c(cc2cc1Cc1cnc(C)c2ccccc12)OCO3. The lowest BCUT2D eigenvalue weighted by atomic mass is 9.99. The fraction of sp³-hybridized carbons (Fsp3) is 0.182. The Morgan fingerprint density at radius 3 is 2.59 bits per heavy atom. The molecule has 1 aliphatic rings. The first-order valence-electron chi connectivity index (χ1n) is 8.97. The third-order valence-electron chi connectivity index (χ3n) is 5.08. The fourth-order valence-electron chi connectivity index (χ4n) is 3.70. The van der Waals surface area contributed by atoms with Crippen LogP contribution in [0.3, 0.4) is 0 Å². The molecule has 5 heteroatoms. The summed E-state index contributed by atoms with van der Waals surface area (Å²) < 4.78 is 11.0. The van der Waals surface area contributed by atoms with Gasteiger partial charge in [-0.2, -0.15) is 0 Å². The molecule has 0 unspecified atom stereocenters. The molecule has 0 fully saturated rings. The Balaban J connectivity index is 1.65. The minimum Gasteiger partial charge on any atom is -0.454 e. The second kappa shape index (κ2) is 6.13. The highest BCUT2D eigenvalue weighted by Crippen LogP contribution is 2.37. The van der Waals surface area contributed by atoms with Crippen LogP contribution in [0.1, 0.15) is 16.8 Å². The standard InChI is InChI=1S/C22H19N3O2/c1-13-17-5-3-4-6-18(17)16(11-24-13)8-15-7-14-9-20-21(27-12-26-20)10-19(14)25-22(15)23-2/h3-7,9-11H,8,12H2,1-2H3,(H,23,25). The Morgan fingerprint density at radius 1 is 1.00 bits per heavy atom. The van der Waals surface area contributed by atoms with Gasteiger partial charge in [-0.25, -0.2) is 4.98 Å². The van der Waals surface area contributed by atoms with Crippen molar-refractivity contribution in [2.24, 2.45) is 0 Å². The highest BCUT2D eigenvalue weighted by molar-refractivity contribution is 5.89. The van der Waals surface area contributed by atoms with Crippen LogP contribution in [0.25, 0.3) is 21.7 Å². The van der Waals surface area contributed by atoms with Gasteiger partial charge in [-0.15, -0.1) is 0 Å². The van der Waals surface area contributed by atoms with E-state index in [0.29, 0.717) is 0 Å². The van der Waals surface area contributed by atoms with Crippen LogP contribution in [0.15, 0.2) is 48.7 Å². The summed E-state index contributed by atoms with van der Waals surface area (Å²) in [5.74, 6) is 2.39. The Labute approximate surface area is 157 Å². The number of anilines is 1. The normalized spacial score (nSPS) is 12.7. The smallest absolute Gasteiger partial charge is 0.231 e. The van der Waals surface area contributed by atoms with Gasteiger partial charge in [0.2, 0.25) is 6.79 Å². The molecule has 0 aliphatic carbocycles. The van der Waals surface area contributed by atoms with Crippen molar-refractivity contribution in [2.45, 2.75) is 13.3 Å². The van der Waals surface area contributed by atoms with Crippen LogP contribution in [0, 0.1) is 6.92 Å². The molecule has 4 aromatic rings. The monoisotopic (exact) mass is 357 g/mol. The Bertz CT molecular complexity index is 1190. The maximum absolute atomic E-state index is 5.52. The number of fused-ring (bicyclic) bond motifs is 3. The number of rotatable bonds is 3. The number of pyridine rings is 2. The lowest BCUT2D eigenvalue weighted by molar-refractivity contribution is 0.174. The molecule has 1 N–H and O–H groups in total. The van der Waals surface area contributed by atoms with Gasteiger partial charge in [-0.1, -0.05) is 24.3 Å². The van der Waals surface area contributed by atoms with Gasteiger partial charge in [0.05, 0.1) is 5.52 Å². The molecule has 1 aliphatic heterocycles. The van der Waals surface area contributed by atoms with E-state index in [9.17, 15) is 0 Å². The molecule has 0 radical (unpaired) electrons. The molecule has 5 nitrogen and oxygen atoms in total. The highest BCUT2D eigenvalue weighted by Gasteiger charge is 2.17. The summed E-state index contributed by atoms with van der Waals surface area (Å²) in [6.07, 6.45) is 2.72. The minimum absolute atomic E-state index is 0.262. The summed E-state index contributed by atoms with van der Waals surface area (Å²) in [7, 11) is 1.90. The number of aromatic nitrogens is 2. The van der Waals surface area contributed by atoms with E-state index < -0.39 is 0 Å². The van der Waals surface area contributed by atoms with Crippen molar-refractivity contribution in [3.63, 3.8) is 0 Å². The van der Waals surface area contributed by atoms with Gasteiger partial charge in [-0.3, -0.25) is 4.98 Å². The molecule has 0 saturated carbocycles. The lowest BCUT2D eigenvalue weighted by Gasteiger charge is -2.13. The van der Waals surface area contributed by atoms with E-state index in [0.717, 1.165) is 45.9 Å². The van der Waals surface area contributed by atoms with Crippen molar-refractivity contribution in [1.29, 1.82) is 0 Å². The summed E-state index contributed by atoms with van der Waals surface area (Å²) in [6, 6.07) is 14.5. The van der Waals surface area contributed by atoms with Gasteiger partial charge in [0, 0.05) is 42.2 Å². The topological polar surface area (TPSA) is 56.3 Å². The molecule has 2 aromatic heterocycles. The summed E-state index contributed by atoms with van der Waals surface area (Å²) in [5, 5.41) is 6.70. The minimum atomic E-state index is 0.262. The molecular formula is C22H19N3O2. The van der Waals surface area contributed by atoms with E-state index in [4.69, 9.17) is 14.5 Å². The van der Waals surface area contributed by atoms with Gasteiger partial charge < -0.3 is 14.8 Å². The molecule has 5 rings (SSSR count). The number of nitrogens with one attached hydrogen (secondary N) is 1. The summed E-state index contributed by atoms with van der Waals surface area (Å²) >= 11 is 0. The quantitative estimate of drug-likeness (QED) is 0.587. The number of benzene rings is 2. The molecule has 0 spiro atoms. The third-order valence-corrected chi connectivity index (χ3v) is 5.08. The van der Waals surface area contributed by atoms with Crippen LogP contribution >= 0.6 is 0 Å². The Kier molecular flexibility index (Phi) is 3.60. The number of nitrogens with zero attached hydrogens (tertiary/aromatic N) is 2. The first kappa shape index (κ1) is 15.9. The maximum Gasteiger partial charge on any atom is 0.231 e. The van der Waals surface area contributed by atoms with Gasteiger partial charge in [0.15, 0.2) is 11.5 Å². The molecule has 2 aromatic carbocycles. The number of hydrogen-bond acceptors (Lipinski definition) is 5. The number of hydrogen-bond donors (Lipinski definition) is 1. The van der Waals surface area contributed by atoms with Gasteiger partial charge in [0.1, 0.15) is 5.82 Å². The second-order valence-electron chi connectivity index (χ2n) is 6.74. The van der Waals surface area contributed by atoms with Crippen LogP contribution in [0.4, 0.5) is 5.82 Å². The largest absolute Gasteiger partial charge is 0.454 e. The van der Waals surface area contributed by atoms with E-state index in [2.05, 4.69) is 40.6 Å². The molecular weight excluding hydrogens is 338 g/mol. The Hall–Kier alpha value is -3.34. The van der Waals surface area contributed by atoms with Crippen LogP contribution in [0.2, 0.25) is 0 Å². The van der Waals surface area contributed by atoms with E-state index in [-0.39, 0.29) is 6.79 Å². The summed E-state index contributed by atoms with van der Waals surface area (Å²) in [6.45, 7) is 2.31. The predicted octanol–water partition coefficient (Wildman–Crippen LogP) is 4.45. The third kappa shape index (κ3) is 2.63.